The van der Waals surface area contributed by atoms with E-state index in [0.29, 0.717) is 33.1 Å². The highest BCUT2D eigenvalue weighted by Crippen LogP contribution is 2.22. The van der Waals surface area contributed by atoms with E-state index < -0.39 is 11.1 Å². The first-order chi connectivity index (χ1) is 13.0. The largest absolute Gasteiger partial charge is 0.385 e. The van der Waals surface area contributed by atoms with Gasteiger partial charge < -0.3 is 11.5 Å². The van der Waals surface area contributed by atoms with Crippen molar-refractivity contribution in [3.63, 3.8) is 0 Å². The van der Waals surface area contributed by atoms with Crippen LogP contribution in [0, 0.1) is 0 Å². The van der Waals surface area contributed by atoms with Crippen molar-refractivity contribution in [2.75, 3.05) is 0 Å². The summed E-state index contributed by atoms with van der Waals surface area (Å²) >= 11 is 11.8. The molecule has 2 aromatic rings. The molecule has 156 valence electrons. The quantitative estimate of drug-likeness (QED) is 0.312. The maximum atomic E-state index is 6.15. The van der Waals surface area contributed by atoms with Gasteiger partial charge in [0.1, 0.15) is 22.7 Å². The second-order valence-electron chi connectivity index (χ2n) is 7.26. The molecule has 4 N–H and O–H groups in total. The molecule has 0 atom stereocenters. The minimum atomic E-state index is -0.822. The molecule has 0 fully saturated rings. The average molecular weight is 456 g/mol. The fraction of sp³-hybridized carbons (Fsp3) is 0.300. The zero-order chi connectivity index (χ0) is 20.9. The van der Waals surface area contributed by atoms with E-state index in [4.69, 9.17) is 34.7 Å². The molecule has 0 heterocycles. The van der Waals surface area contributed by atoms with Crippen LogP contribution in [-0.4, -0.2) is 22.7 Å². The molecule has 0 radical (unpaired) electrons. The van der Waals surface area contributed by atoms with Gasteiger partial charge in [0.2, 0.25) is 0 Å². The lowest BCUT2D eigenvalue weighted by molar-refractivity contribution is 0.560. The molecule has 0 saturated heterocycles. The smallest absolute Gasteiger partial charge is 0.133 e. The first kappa shape index (κ1) is 24.9. The number of hydrogen-bond acceptors (Lipinski definition) is 4. The number of halogens is 3. The van der Waals surface area contributed by atoms with Gasteiger partial charge in [-0.3, -0.25) is 0 Å². The Morgan fingerprint density at radius 2 is 0.931 bits per heavy atom. The lowest BCUT2D eigenvalue weighted by Gasteiger charge is -2.22. The van der Waals surface area contributed by atoms with E-state index in [1.54, 1.807) is 48.5 Å². The number of nitrogens with zero attached hydrogens (tertiary/aromatic N) is 4. The molecule has 0 unspecified atom stereocenters. The van der Waals surface area contributed by atoms with Crippen molar-refractivity contribution in [1.82, 2.24) is 0 Å². The molecule has 2 aromatic carbocycles. The molecule has 2 rings (SSSR count). The maximum Gasteiger partial charge on any atom is 0.133 e. The number of benzene rings is 2. The standard InChI is InChI=1S/C20H24Cl2N6.ClH/c1-19(2,17(23)25-15-9-5-13(21)6-10-15)27-28-20(3,4)18(24)26-16-11-7-14(22)8-12-16;/h5-12H,1-4H3,(H2,23,25)(H2,24,26);1H. The SMILES string of the molecule is CC(C)(N=NC(C)(C)C(N)=Nc1ccc(Cl)cc1)C(N)=Nc1ccc(Cl)cc1.Cl. The maximum absolute atomic E-state index is 6.15. The van der Waals surface area contributed by atoms with E-state index >= 15 is 0 Å². The average Bonchev–Trinajstić information content (AvgIpc) is 2.64. The van der Waals surface area contributed by atoms with Crippen molar-refractivity contribution >= 4 is 58.7 Å². The summed E-state index contributed by atoms with van der Waals surface area (Å²) in [5.74, 6) is 0.644. The van der Waals surface area contributed by atoms with Crippen LogP contribution in [0.1, 0.15) is 27.7 Å². The lowest BCUT2D eigenvalue weighted by atomic mass is 10.0. The number of rotatable bonds is 6. The molecular weight excluding hydrogens is 431 g/mol. The minimum absolute atomic E-state index is 0. The molecule has 6 nitrogen and oxygen atoms in total. The Hall–Kier alpha value is -2.15. The van der Waals surface area contributed by atoms with E-state index in [-0.39, 0.29) is 12.4 Å². The molecule has 0 aliphatic rings. The molecule has 0 saturated carbocycles. The third kappa shape index (κ3) is 7.31. The number of hydrogen-bond donors (Lipinski definition) is 2. The third-order valence-electron chi connectivity index (χ3n) is 3.96. The summed E-state index contributed by atoms with van der Waals surface area (Å²) in [5.41, 5.74) is 12.0. The number of amidine groups is 2. The van der Waals surface area contributed by atoms with Crippen LogP contribution in [0.2, 0.25) is 10.0 Å². The van der Waals surface area contributed by atoms with Gasteiger partial charge in [0.05, 0.1) is 11.4 Å². The Bertz CT molecular complexity index is 825. The Morgan fingerprint density at radius 3 is 1.21 bits per heavy atom. The highest BCUT2D eigenvalue weighted by Gasteiger charge is 2.27. The summed E-state index contributed by atoms with van der Waals surface area (Å²) in [6.45, 7) is 7.31. The van der Waals surface area contributed by atoms with Gasteiger partial charge in [0.25, 0.3) is 0 Å². The van der Waals surface area contributed by atoms with E-state index in [0.717, 1.165) is 0 Å². The van der Waals surface area contributed by atoms with E-state index in [1.165, 1.54) is 0 Å². The van der Waals surface area contributed by atoms with Crippen molar-refractivity contribution < 1.29 is 0 Å². The fourth-order valence-corrected chi connectivity index (χ4v) is 2.19. The minimum Gasteiger partial charge on any atom is -0.385 e. The zero-order valence-electron chi connectivity index (χ0n) is 16.7. The van der Waals surface area contributed by atoms with Crippen molar-refractivity contribution in [3.8, 4) is 0 Å². The van der Waals surface area contributed by atoms with Gasteiger partial charge in [-0.25, -0.2) is 9.98 Å². The molecule has 0 aromatic heterocycles. The van der Waals surface area contributed by atoms with Crippen LogP contribution in [0.3, 0.4) is 0 Å². The first-order valence-corrected chi connectivity index (χ1v) is 9.40. The summed E-state index contributed by atoms with van der Waals surface area (Å²) in [4.78, 5) is 8.80. The zero-order valence-corrected chi connectivity index (χ0v) is 19.1. The Balaban J connectivity index is 0.00000420. The normalized spacial score (nSPS) is 13.4. The van der Waals surface area contributed by atoms with Crippen LogP contribution < -0.4 is 11.5 Å². The van der Waals surface area contributed by atoms with E-state index in [2.05, 4.69) is 20.2 Å². The number of nitrogens with two attached hydrogens (primary N) is 2. The van der Waals surface area contributed by atoms with Crippen LogP contribution >= 0.6 is 35.6 Å². The Morgan fingerprint density at radius 1 is 0.655 bits per heavy atom. The predicted octanol–water partition coefficient (Wildman–Crippen LogP) is 6.10. The third-order valence-corrected chi connectivity index (χ3v) is 4.46. The molecule has 0 aliphatic carbocycles. The number of aliphatic imine (C=N–C) groups is 2. The second-order valence-corrected chi connectivity index (χ2v) is 8.14. The highest BCUT2D eigenvalue weighted by atomic mass is 35.5. The van der Waals surface area contributed by atoms with Crippen LogP contribution in [0.25, 0.3) is 0 Å². The number of azo groups is 1. The molecule has 0 bridgehead atoms. The summed E-state index contributed by atoms with van der Waals surface area (Å²) < 4.78 is 0. The summed E-state index contributed by atoms with van der Waals surface area (Å²) in [5, 5.41) is 10.0. The van der Waals surface area contributed by atoms with E-state index in [9.17, 15) is 0 Å². The Labute approximate surface area is 187 Å². The molecule has 0 amide bonds. The Kier molecular flexibility index (Phi) is 8.63. The van der Waals surface area contributed by atoms with Crippen molar-refractivity contribution in [3.05, 3.63) is 58.6 Å². The molecular formula is C20H25Cl3N6. The molecule has 9 heteroatoms. The van der Waals surface area contributed by atoms with Crippen LogP contribution in [0.15, 0.2) is 68.7 Å². The van der Waals surface area contributed by atoms with Crippen LogP contribution in [0.4, 0.5) is 11.4 Å². The summed E-state index contributed by atoms with van der Waals surface area (Å²) in [6, 6.07) is 14.1. The van der Waals surface area contributed by atoms with Gasteiger partial charge >= 0.3 is 0 Å². The van der Waals surface area contributed by atoms with Gasteiger partial charge in [-0.1, -0.05) is 23.2 Å². The summed E-state index contributed by atoms with van der Waals surface area (Å²) in [6.07, 6.45) is 0. The van der Waals surface area contributed by atoms with Gasteiger partial charge in [-0.2, -0.15) is 10.2 Å². The van der Waals surface area contributed by atoms with Gasteiger partial charge in [-0.05, 0) is 76.2 Å². The summed E-state index contributed by atoms with van der Waals surface area (Å²) in [7, 11) is 0. The van der Waals surface area contributed by atoms with Crippen molar-refractivity contribution in [2.45, 2.75) is 38.8 Å². The topological polar surface area (TPSA) is 101 Å². The lowest BCUT2D eigenvalue weighted by Crippen LogP contribution is -2.39. The highest BCUT2D eigenvalue weighted by molar-refractivity contribution is 6.30. The second kappa shape index (κ2) is 10.1. The van der Waals surface area contributed by atoms with Crippen LogP contribution in [0.5, 0.6) is 0 Å². The predicted molar refractivity (Wildman–Crippen MR) is 126 cm³/mol. The van der Waals surface area contributed by atoms with Crippen LogP contribution in [-0.2, 0) is 0 Å². The van der Waals surface area contributed by atoms with Gasteiger partial charge in [0, 0.05) is 10.0 Å². The van der Waals surface area contributed by atoms with Gasteiger partial charge in [0.15, 0.2) is 0 Å². The first-order valence-electron chi connectivity index (χ1n) is 8.64. The molecule has 29 heavy (non-hydrogen) atoms. The fourth-order valence-electron chi connectivity index (χ4n) is 1.94. The molecule has 0 aliphatic heterocycles. The monoisotopic (exact) mass is 454 g/mol. The van der Waals surface area contributed by atoms with E-state index in [1.807, 2.05) is 27.7 Å². The van der Waals surface area contributed by atoms with Crippen molar-refractivity contribution in [2.24, 2.45) is 31.7 Å². The van der Waals surface area contributed by atoms with Crippen molar-refractivity contribution in [1.29, 1.82) is 0 Å². The van der Waals surface area contributed by atoms with Gasteiger partial charge in [-0.15, -0.1) is 12.4 Å². The molecule has 0 spiro atoms.